The summed E-state index contributed by atoms with van der Waals surface area (Å²) in [6.07, 6.45) is 1.64. The summed E-state index contributed by atoms with van der Waals surface area (Å²) >= 11 is 0. The van der Waals surface area contributed by atoms with Gasteiger partial charge in [-0.15, -0.1) is 0 Å². The summed E-state index contributed by atoms with van der Waals surface area (Å²) in [5, 5.41) is 2.67. The maximum Gasteiger partial charge on any atom is 0.245 e. The molecule has 2 heterocycles. The molecule has 0 spiro atoms. The second-order valence-electron chi connectivity index (χ2n) is 4.25. The highest BCUT2D eigenvalue weighted by Crippen LogP contribution is 2.21. The van der Waals surface area contributed by atoms with Gasteiger partial charge >= 0.3 is 0 Å². The van der Waals surface area contributed by atoms with Crippen molar-refractivity contribution >= 4 is 21.7 Å². The van der Waals surface area contributed by atoms with Crippen LogP contribution in [-0.4, -0.2) is 42.7 Å². The normalized spacial score (nSPS) is 21.1. The minimum atomic E-state index is -3.72. The lowest BCUT2D eigenvalue weighted by atomic mass is 10.2. The van der Waals surface area contributed by atoms with E-state index in [4.69, 9.17) is 5.73 Å². The van der Waals surface area contributed by atoms with Crippen LogP contribution in [0.15, 0.2) is 23.2 Å². The van der Waals surface area contributed by atoms with Gasteiger partial charge < -0.3 is 11.1 Å². The molecule has 1 unspecified atom stereocenters. The van der Waals surface area contributed by atoms with E-state index in [9.17, 15) is 13.2 Å². The van der Waals surface area contributed by atoms with Crippen LogP contribution in [0.5, 0.6) is 0 Å². The zero-order valence-corrected chi connectivity index (χ0v) is 11.4. The standard InChI is InChI=1S/C11H16N4O3S/c1-2-9-11(16)13-5-6-15(9)19(17,18)8-3-4-10(12)14-7-8/h3-4,7,9H,2,5-6H2,1H3,(H2,12,14)(H,13,16). The average Bonchev–Trinajstić information content (AvgIpc) is 2.39. The van der Waals surface area contributed by atoms with Gasteiger partial charge in [0, 0.05) is 19.3 Å². The number of anilines is 1. The molecule has 1 fully saturated rings. The molecule has 1 saturated heterocycles. The van der Waals surface area contributed by atoms with Crippen molar-refractivity contribution in [2.45, 2.75) is 24.3 Å². The van der Waals surface area contributed by atoms with E-state index in [0.717, 1.165) is 0 Å². The Morgan fingerprint density at radius 1 is 1.53 bits per heavy atom. The summed E-state index contributed by atoms with van der Waals surface area (Å²) < 4.78 is 26.2. The van der Waals surface area contributed by atoms with E-state index in [1.165, 1.54) is 22.6 Å². The van der Waals surface area contributed by atoms with Crippen molar-refractivity contribution in [3.63, 3.8) is 0 Å². The van der Waals surface area contributed by atoms with Gasteiger partial charge in [-0.05, 0) is 18.6 Å². The van der Waals surface area contributed by atoms with Gasteiger partial charge in [0.15, 0.2) is 0 Å². The van der Waals surface area contributed by atoms with E-state index >= 15 is 0 Å². The van der Waals surface area contributed by atoms with Crippen LogP contribution in [-0.2, 0) is 14.8 Å². The summed E-state index contributed by atoms with van der Waals surface area (Å²) in [6.45, 7) is 2.35. The number of hydrogen-bond acceptors (Lipinski definition) is 5. The Hall–Kier alpha value is -1.67. The van der Waals surface area contributed by atoms with E-state index in [1.54, 1.807) is 6.92 Å². The van der Waals surface area contributed by atoms with Crippen LogP contribution >= 0.6 is 0 Å². The topological polar surface area (TPSA) is 105 Å². The largest absolute Gasteiger partial charge is 0.384 e. The molecule has 104 valence electrons. The first-order chi connectivity index (χ1) is 8.96. The van der Waals surface area contributed by atoms with Crippen LogP contribution in [0.1, 0.15) is 13.3 Å². The van der Waals surface area contributed by atoms with Gasteiger partial charge in [0.1, 0.15) is 16.8 Å². The van der Waals surface area contributed by atoms with Gasteiger partial charge in [0.2, 0.25) is 15.9 Å². The van der Waals surface area contributed by atoms with Gasteiger partial charge in [0.25, 0.3) is 0 Å². The summed E-state index contributed by atoms with van der Waals surface area (Å²) in [5.41, 5.74) is 5.44. The number of carbonyl (C=O) groups excluding carboxylic acids is 1. The fraction of sp³-hybridized carbons (Fsp3) is 0.455. The average molecular weight is 284 g/mol. The van der Waals surface area contributed by atoms with E-state index in [1.807, 2.05) is 0 Å². The van der Waals surface area contributed by atoms with Gasteiger partial charge in [-0.25, -0.2) is 13.4 Å². The highest BCUT2D eigenvalue weighted by atomic mass is 32.2. The number of nitrogens with zero attached hydrogens (tertiary/aromatic N) is 2. The zero-order valence-electron chi connectivity index (χ0n) is 10.5. The lowest BCUT2D eigenvalue weighted by Crippen LogP contribution is -2.56. The van der Waals surface area contributed by atoms with Crippen LogP contribution < -0.4 is 11.1 Å². The predicted molar refractivity (Wildman–Crippen MR) is 69.6 cm³/mol. The number of sulfonamides is 1. The Balaban J connectivity index is 2.37. The number of amides is 1. The minimum Gasteiger partial charge on any atom is -0.384 e. The number of rotatable bonds is 3. The van der Waals surface area contributed by atoms with Crippen LogP contribution in [0.4, 0.5) is 5.82 Å². The van der Waals surface area contributed by atoms with Gasteiger partial charge in [-0.1, -0.05) is 6.92 Å². The molecule has 8 heteroatoms. The molecule has 7 nitrogen and oxygen atoms in total. The second-order valence-corrected chi connectivity index (χ2v) is 6.14. The van der Waals surface area contributed by atoms with Crippen LogP contribution in [0, 0.1) is 0 Å². The van der Waals surface area contributed by atoms with Crippen molar-refractivity contribution in [3.8, 4) is 0 Å². The summed E-state index contributed by atoms with van der Waals surface area (Å²) in [6, 6.07) is 2.16. The molecule has 1 atom stereocenters. The molecule has 19 heavy (non-hydrogen) atoms. The molecule has 1 amide bonds. The number of aromatic nitrogens is 1. The zero-order chi connectivity index (χ0) is 14.0. The van der Waals surface area contributed by atoms with E-state index in [0.29, 0.717) is 13.0 Å². The third-order valence-corrected chi connectivity index (χ3v) is 4.93. The van der Waals surface area contributed by atoms with E-state index in [2.05, 4.69) is 10.3 Å². The van der Waals surface area contributed by atoms with Gasteiger partial charge in [-0.2, -0.15) is 4.31 Å². The molecule has 1 aromatic rings. The Kier molecular flexibility index (Phi) is 3.72. The lowest BCUT2D eigenvalue weighted by molar-refractivity contribution is -0.126. The first-order valence-electron chi connectivity index (χ1n) is 5.98. The smallest absolute Gasteiger partial charge is 0.245 e. The summed E-state index contributed by atoms with van der Waals surface area (Å²) in [4.78, 5) is 15.5. The van der Waals surface area contributed by atoms with Crippen LogP contribution in [0.25, 0.3) is 0 Å². The first kappa shape index (κ1) is 13.8. The van der Waals surface area contributed by atoms with Crippen LogP contribution in [0.3, 0.4) is 0 Å². The fourth-order valence-electron chi connectivity index (χ4n) is 2.05. The minimum absolute atomic E-state index is 0.0508. The molecule has 0 radical (unpaired) electrons. The molecule has 0 bridgehead atoms. The van der Waals surface area contributed by atoms with Crippen molar-refractivity contribution in [1.29, 1.82) is 0 Å². The van der Waals surface area contributed by atoms with Crippen molar-refractivity contribution in [1.82, 2.24) is 14.6 Å². The van der Waals surface area contributed by atoms with Crippen LogP contribution in [0.2, 0.25) is 0 Å². The summed E-state index contributed by atoms with van der Waals surface area (Å²) in [5.74, 6) is -0.0110. The van der Waals surface area contributed by atoms with Gasteiger partial charge in [-0.3, -0.25) is 4.79 Å². The molecule has 1 aliphatic heterocycles. The molecule has 1 aromatic heterocycles. The molecule has 3 N–H and O–H groups in total. The number of pyridine rings is 1. The Morgan fingerprint density at radius 3 is 2.84 bits per heavy atom. The highest BCUT2D eigenvalue weighted by molar-refractivity contribution is 7.89. The number of piperazine rings is 1. The molecular weight excluding hydrogens is 268 g/mol. The van der Waals surface area contributed by atoms with Crippen molar-refractivity contribution in [2.24, 2.45) is 0 Å². The van der Waals surface area contributed by atoms with Crippen molar-refractivity contribution in [2.75, 3.05) is 18.8 Å². The third kappa shape index (κ3) is 2.54. The number of nitrogen functional groups attached to an aromatic ring is 1. The SMILES string of the molecule is CCC1C(=O)NCCN1S(=O)(=O)c1ccc(N)nc1. The Morgan fingerprint density at radius 2 is 2.26 bits per heavy atom. The molecule has 0 aliphatic carbocycles. The fourth-order valence-corrected chi connectivity index (χ4v) is 3.66. The maximum absolute atomic E-state index is 12.5. The van der Waals surface area contributed by atoms with E-state index < -0.39 is 16.1 Å². The molecular formula is C11H16N4O3S. The van der Waals surface area contributed by atoms with Gasteiger partial charge in [0.05, 0.1) is 0 Å². The molecule has 2 rings (SSSR count). The highest BCUT2D eigenvalue weighted by Gasteiger charge is 2.37. The second kappa shape index (κ2) is 5.14. The number of nitrogens with two attached hydrogens (primary N) is 1. The molecule has 0 saturated carbocycles. The molecule has 1 aliphatic rings. The number of hydrogen-bond donors (Lipinski definition) is 2. The quantitative estimate of drug-likeness (QED) is 0.783. The monoisotopic (exact) mass is 284 g/mol. The summed E-state index contributed by atoms with van der Waals surface area (Å²) in [7, 11) is -3.72. The molecule has 0 aromatic carbocycles. The lowest BCUT2D eigenvalue weighted by Gasteiger charge is -2.33. The predicted octanol–water partition coefficient (Wildman–Crippen LogP) is -0.437. The number of nitrogens with one attached hydrogen (secondary N) is 1. The van der Waals surface area contributed by atoms with E-state index in [-0.39, 0.29) is 23.2 Å². The Labute approximate surface area is 111 Å². The Bertz CT molecular complexity index is 570. The number of carbonyl (C=O) groups is 1. The third-order valence-electron chi connectivity index (χ3n) is 3.03. The first-order valence-corrected chi connectivity index (χ1v) is 7.42. The maximum atomic E-state index is 12.5. The van der Waals surface area contributed by atoms with Crippen molar-refractivity contribution < 1.29 is 13.2 Å². The van der Waals surface area contributed by atoms with Crippen molar-refractivity contribution in [3.05, 3.63) is 18.3 Å².